The second kappa shape index (κ2) is 7.57. The first-order chi connectivity index (χ1) is 12.1. The van der Waals surface area contributed by atoms with Crippen LogP contribution in [-0.2, 0) is 6.54 Å². The fourth-order valence-electron chi connectivity index (χ4n) is 2.42. The van der Waals surface area contributed by atoms with Crippen LogP contribution in [0.15, 0.2) is 60.8 Å². The standard InChI is InChI=1S/C20H20N4O/c1-14-7-6-10-17(15(14)2)23-19(25)18-11-12-21-20(24-18)22-13-16-8-4-3-5-9-16/h3-12H,13H2,1-2H3,(H,23,25)(H,21,22,24). The maximum absolute atomic E-state index is 12.5. The van der Waals surface area contributed by atoms with Gasteiger partial charge >= 0.3 is 0 Å². The highest BCUT2D eigenvalue weighted by molar-refractivity contribution is 6.03. The molecule has 0 fully saturated rings. The molecule has 0 unspecified atom stereocenters. The summed E-state index contributed by atoms with van der Waals surface area (Å²) in [6, 6.07) is 17.4. The second-order valence-corrected chi connectivity index (χ2v) is 5.81. The first kappa shape index (κ1) is 16.6. The maximum atomic E-state index is 12.5. The number of hydrogen-bond donors (Lipinski definition) is 2. The summed E-state index contributed by atoms with van der Waals surface area (Å²) in [5.41, 5.74) is 4.42. The number of nitrogens with one attached hydrogen (secondary N) is 2. The summed E-state index contributed by atoms with van der Waals surface area (Å²) in [4.78, 5) is 20.9. The van der Waals surface area contributed by atoms with Crippen LogP contribution < -0.4 is 10.6 Å². The number of anilines is 2. The number of benzene rings is 2. The molecule has 0 atom stereocenters. The van der Waals surface area contributed by atoms with Crippen molar-refractivity contribution in [3.63, 3.8) is 0 Å². The molecule has 2 aromatic carbocycles. The minimum atomic E-state index is -0.251. The number of aromatic nitrogens is 2. The molecule has 1 amide bonds. The summed E-state index contributed by atoms with van der Waals surface area (Å²) >= 11 is 0. The number of hydrogen-bond acceptors (Lipinski definition) is 4. The lowest BCUT2D eigenvalue weighted by Crippen LogP contribution is -2.16. The fraction of sp³-hybridized carbons (Fsp3) is 0.150. The first-order valence-electron chi connectivity index (χ1n) is 8.12. The van der Waals surface area contributed by atoms with Gasteiger partial charge in [0.1, 0.15) is 5.69 Å². The van der Waals surface area contributed by atoms with Crippen LogP contribution in [0, 0.1) is 13.8 Å². The van der Waals surface area contributed by atoms with Gasteiger partial charge in [-0.3, -0.25) is 4.79 Å². The molecular formula is C20H20N4O. The van der Waals surface area contributed by atoms with Crippen molar-refractivity contribution in [3.8, 4) is 0 Å². The van der Waals surface area contributed by atoms with Gasteiger partial charge in [-0.25, -0.2) is 9.97 Å². The van der Waals surface area contributed by atoms with E-state index in [-0.39, 0.29) is 5.91 Å². The molecule has 0 aliphatic rings. The Hall–Kier alpha value is -3.21. The van der Waals surface area contributed by atoms with Gasteiger partial charge in [-0.2, -0.15) is 0 Å². The fourth-order valence-corrected chi connectivity index (χ4v) is 2.42. The van der Waals surface area contributed by atoms with Gasteiger partial charge in [-0.15, -0.1) is 0 Å². The Bertz CT molecular complexity index is 878. The Morgan fingerprint density at radius 3 is 2.60 bits per heavy atom. The molecule has 3 aromatic rings. The predicted molar refractivity (Wildman–Crippen MR) is 99.7 cm³/mol. The van der Waals surface area contributed by atoms with Crippen molar-refractivity contribution >= 4 is 17.5 Å². The highest BCUT2D eigenvalue weighted by atomic mass is 16.1. The van der Waals surface area contributed by atoms with Crippen LogP contribution in [-0.4, -0.2) is 15.9 Å². The monoisotopic (exact) mass is 332 g/mol. The molecule has 0 aliphatic carbocycles. The zero-order valence-electron chi connectivity index (χ0n) is 14.3. The van der Waals surface area contributed by atoms with Crippen LogP contribution in [0.2, 0.25) is 0 Å². The highest BCUT2D eigenvalue weighted by Crippen LogP contribution is 2.18. The molecule has 1 aromatic heterocycles. The van der Waals surface area contributed by atoms with Gasteiger partial charge in [0.25, 0.3) is 5.91 Å². The van der Waals surface area contributed by atoms with Crippen molar-refractivity contribution in [1.82, 2.24) is 9.97 Å². The van der Waals surface area contributed by atoms with E-state index in [4.69, 9.17) is 0 Å². The van der Waals surface area contributed by atoms with Gasteiger partial charge in [0.15, 0.2) is 0 Å². The summed E-state index contributed by atoms with van der Waals surface area (Å²) in [6.07, 6.45) is 1.58. The van der Waals surface area contributed by atoms with Gasteiger partial charge < -0.3 is 10.6 Å². The van der Waals surface area contributed by atoms with Gasteiger partial charge in [0.05, 0.1) is 0 Å². The first-order valence-corrected chi connectivity index (χ1v) is 8.12. The average molecular weight is 332 g/mol. The van der Waals surface area contributed by atoms with E-state index >= 15 is 0 Å². The molecule has 0 saturated heterocycles. The number of rotatable bonds is 5. The van der Waals surface area contributed by atoms with E-state index in [2.05, 4.69) is 20.6 Å². The van der Waals surface area contributed by atoms with Crippen LogP contribution >= 0.6 is 0 Å². The summed E-state index contributed by atoms with van der Waals surface area (Å²) in [6.45, 7) is 4.60. The lowest BCUT2D eigenvalue weighted by Gasteiger charge is -2.10. The minimum Gasteiger partial charge on any atom is -0.350 e. The van der Waals surface area contributed by atoms with Crippen LogP contribution in [0.5, 0.6) is 0 Å². The van der Waals surface area contributed by atoms with Gasteiger partial charge in [0, 0.05) is 18.4 Å². The Labute approximate surface area is 147 Å². The van der Waals surface area contributed by atoms with E-state index < -0.39 is 0 Å². The molecule has 0 aliphatic heterocycles. The summed E-state index contributed by atoms with van der Waals surface area (Å²) in [5, 5.41) is 6.05. The van der Waals surface area contributed by atoms with Crippen molar-refractivity contribution in [2.75, 3.05) is 10.6 Å². The van der Waals surface area contributed by atoms with Gasteiger partial charge in [-0.1, -0.05) is 42.5 Å². The molecule has 0 saturated carbocycles. The summed E-state index contributed by atoms with van der Waals surface area (Å²) in [5.74, 6) is 0.177. The van der Waals surface area contributed by atoms with E-state index in [1.54, 1.807) is 12.3 Å². The van der Waals surface area contributed by atoms with Crippen molar-refractivity contribution < 1.29 is 4.79 Å². The Kier molecular flexibility index (Phi) is 5.04. The van der Waals surface area contributed by atoms with Gasteiger partial charge in [0.2, 0.25) is 5.95 Å². The van der Waals surface area contributed by atoms with E-state index in [1.165, 1.54) is 0 Å². The molecule has 25 heavy (non-hydrogen) atoms. The Morgan fingerprint density at radius 2 is 1.80 bits per heavy atom. The SMILES string of the molecule is Cc1cccc(NC(=O)c2ccnc(NCc3ccccc3)n2)c1C. The third kappa shape index (κ3) is 4.20. The topological polar surface area (TPSA) is 66.9 Å². The molecule has 2 N–H and O–H groups in total. The lowest BCUT2D eigenvalue weighted by molar-refractivity contribution is 0.102. The lowest BCUT2D eigenvalue weighted by atomic mass is 10.1. The molecule has 3 rings (SSSR count). The summed E-state index contributed by atoms with van der Waals surface area (Å²) < 4.78 is 0. The number of aryl methyl sites for hydroxylation is 1. The molecule has 0 bridgehead atoms. The molecule has 5 nitrogen and oxygen atoms in total. The van der Waals surface area contributed by atoms with Crippen molar-refractivity contribution in [2.45, 2.75) is 20.4 Å². The second-order valence-electron chi connectivity index (χ2n) is 5.81. The van der Waals surface area contributed by atoms with Crippen LogP contribution in [0.3, 0.4) is 0 Å². The zero-order chi connectivity index (χ0) is 17.6. The molecular weight excluding hydrogens is 312 g/mol. The molecule has 126 valence electrons. The van der Waals surface area contributed by atoms with Crippen LogP contribution in [0.1, 0.15) is 27.2 Å². The Balaban J connectivity index is 1.70. The third-order valence-corrected chi connectivity index (χ3v) is 4.03. The van der Waals surface area contributed by atoms with E-state index in [1.807, 2.05) is 62.4 Å². The van der Waals surface area contributed by atoms with Crippen LogP contribution in [0.25, 0.3) is 0 Å². The minimum absolute atomic E-state index is 0.251. The number of amides is 1. The maximum Gasteiger partial charge on any atom is 0.274 e. The van der Waals surface area contributed by atoms with E-state index in [0.717, 1.165) is 22.4 Å². The largest absolute Gasteiger partial charge is 0.350 e. The zero-order valence-corrected chi connectivity index (χ0v) is 14.3. The normalized spacial score (nSPS) is 10.3. The van der Waals surface area contributed by atoms with Crippen molar-refractivity contribution in [3.05, 3.63) is 83.2 Å². The van der Waals surface area contributed by atoms with E-state index in [9.17, 15) is 4.79 Å². The molecule has 0 radical (unpaired) electrons. The highest BCUT2D eigenvalue weighted by Gasteiger charge is 2.11. The molecule has 5 heteroatoms. The molecule has 1 heterocycles. The quantitative estimate of drug-likeness (QED) is 0.742. The summed E-state index contributed by atoms with van der Waals surface area (Å²) in [7, 11) is 0. The van der Waals surface area contributed by atoms with Gasteiger partial charge in [-0.05, 0) is 42.7 Å². The predicted octanol–water partition coefficient (Wildman–Crippen LogP) is 3.96. The molecule has 0 spiro atoms. The Morgan fingerprint density at radius 1 is 1.00 bits per heavy atom. The smallest absolute Gasteiger partial charge is 0.274 e. The average Bonchev–Trinajstić information content (AvgIpc) is 2.65. The number of nitrogens with zero attached hydrogens (tertiary/aromatic N) is 2. The number of carbonyl (C=O) groups is 1. The van der Waals surface area contributed by atoms with Crippen molar-refractivity contribution in [2.24, 2.45) is 0 Å². The van der Waals surface area contributed by atoms with E-state index in [0.29, 0.717) is 18.2 Å². The number of carbonyl (C=O) groups excluding carboxylic acids is 1. The van der Waals surface area contributed by atoms with Crippen LogP contribution in [0.4, 0.5) is 11.6 Å². The van der Waals surface area contributed by atoms with Crippen molar-refractivity contribution in [1.29, 1.82) is 0 Å². The third-order valence-electron chi connectivity index (χ3n) is 4.03.